The standard InChI is InChI=1S/C15H27N3OS2/c1-9(16-5)13(20)17-11-6-7-21-12-8-15(3,4)10(2)18(12)14(11)19/h9-12,16H,6-8H2,1-5H3,(H,17,20)/t9-,10+,11+,12-/m0/s1. The van der Waals surface area contributed by atoms with E-state index in [1.807, 2.05) is 25.7 Å². The van der Waals surface area contributed by atoms with E-state index in [0.29, 0.717) is 5.37 Å². The molecule has 0 aliphatic carbocycles. The molecule has 0 bridgehead atoms. The van der Waals surface area contributed by atoms with Crippen LogP contribution in [0.25, 0.3) is 0 Å². The summed E-state index contributed by atoms with van der Waals surface area (Å²) in [5.74, 6) is 1.22. The van der Waals surface area contributed by atoms with Crippen molar-refractivity contribution in [2.45, 2.75) is 64.0 Å². The predicted octanol–water partition coefficient (Wildman–Crippen LogP) is 1.99. The highest BCUT2D eigenvalue weighted by atomic mass is 32.2. The van der Waals surface area contributed by atoms with Crippen LogP contribution in [0.4, 0.5) is 0 Å². The summed E-state index contributed by atoms with van der Waals surface area (Å²) in [4.78, 5) is 15.8. The third-order valence-corrected chi connectivity index (χ3v) is 6.69. The van der Waals surface area contributed by atoms with E-state index in [9.17, 15) is 4.79 Å². The molecule has 2 N–H and O–H groups in total. The van der Waals surface area contributed by atoms with Gasteiger partial charge in [0, 0.05) is 6.04 Å². The zero-order valence-electron chi connectivity index (χ0n) is 13.6. The molecule has 0 unspecified atom stereocenters. The molecular weight excluding hydrogens is 302 g/mol. The van der Waals surface area contributed by atoms with Crippen molar-refractivity contribution in [3.63, 3.8) is 0 Å². The third kappa shape index (κ3) is 3.37. The number of hydrogen-bond acceptors (Lipinski definition) is 4. The highest BCUT2D eigenvalue weighted by Gasteiger charge is 2.48. The maximum Gasteiger partial charge on any atom is 0.246 e. The molecule has 0 saturated carbocycles. The topological polar surface area (TPSA) is 44.4 Å². The van der Waals surface area contributed by atoms with Crippen molar-refractivity contribution < 1.29 is 4.79 Å². The van der Waals surface area contributed by atoms with Crippen molar-refractivity contribution in [3.8, 4) is 0 Å². The molecule has 4 nitrogen and oxygen atoms in total. The van der Waals surface area contributed by atoms with Crippen molar-refractivity contribution in [1.29, 1.82) is 0 Å². The van der Waals surface area contributed by atoms with Gasteiger partial charge in [0.05, 0.1) is 16.4 Å². The Hall–Kier alpha value is -0.330. The molecular formula is C15H27N3OS2. The lowest BCUT2D eigenvalue weighted by atomic mass is 9.86. The van der Waals surface area contributed by atoms with Crippen molar-refractivity contribution in [3.05, 3.63) is 0 Å². The first-order valence-corrected chi connectivity index (χ1v) is 9.15. The van der Waals surface area contributed by atoms with Crippen molar-refractivity contribution in [2.75, 3.05) is 12.8 Å². The second-order valence-electron chi connectivity index (χ2n) is 6.80. The smallest absolute Gasteiger partial charge is 0.246 e. The van der Waals surface area contributed by atoms with E-state index < -0.39 is 0 Å². The molecule has 2 aliphatic rings. The summed E-state index contributed by atoms with van der Waals surface area (Å²) in [5.41, 5.74) is 0.188. The van der Waals surface area contributed by atoms with Gasteiger partial charge in [0.2, 0.25) is 5.91 Å². The van der Waals surface area contributed by atoms with Gasteiger partial charge in [-0.05, 0) is 44.9 Å². The SMILES string of the molecule is CN[C@@H](C)C(=S)N[C@@H]1CCS[C@H]2CC(C)(C)[C@@H](C)N2C1=O. The molecule has 0 spiro atoms. The van der Waals surface area contributed by atoms with Crippen LogP contribution in [0, 0.1) is 5.41 Å². The van der Waals surface area contributed by atoms with Gasteiger partial charge >= 0.3 is 0 Å². The first-order valence-electron chi connectivity index (χ1n) is 7.69. The van der Waals surface area contributed by atoms with Crippen molar-refractivity contribution in [2.24, 2.45) is 5.41 Å². The first kappa shape index (κ1) is 17.0. The highest BCUT2D eigenvalue weighted by Crippen LogP contribution is 2.45. The number of fused-ring (bicyclic) bond motifs is 1. The van der Waals surface area contributed by atoms with Gasteiger partial charge in [-0.15, -0.1) is 11.8 Å². The monoisotopic (exact) mass is 329 g/mol. The van der Waals surface area contributed by atoms with Crippen LogP contribution in [-0.4, -0.2) is 52.1 Å². The molecule has 1 amide bonds. The molecule has 120 valence electrons. The summed E-state index contributed by atoms with van der Waals surface area (Å²) < 4.78 is 0. The Morgan fingerprint density at radius 3 is 2.81 bits per heavy atom. The second-order valence-corrected chi connectivity index (χ2v) is 8.53. The molecule has 0 aromatic heterocycles. The van der Waals surface area contributed by atoms with Gasteiger partial charge in [-0.1, -0.05) is 26.1 Å². The fourth-order valence-electron chi connectivity index (χ4n) is 3.00. The first-order chi connectivity index (χ1) is 9.77. The molecule has 2 heterocycles. The minimum atomic E-state index is -0.179. The van der Waals surface area contributed by atoms with E-state index in [-0.39, 0.29) is 29.4 Å². The Bertz CT molecular complexity index is 427. The summed E-state index contributed by atoms with van der Waals surface area (Å²) in [6.07, 6.45) is 1.93. The number of thiocarbonyl (C=S) groups is 1. The molecule has 0 aromatic carbocycles. The van der Waals surface area contributed by atoms with Gasteiger partial charge in [-0.25, -0.2) is 0 Å². The number of hydrogen-bond donors (Lipinski definition) is 2. The normalized spacial score (nSPS) is 33.3. The Morgan fingerprint density at radius 2 is 2.19 bits per heavy atom. The highest BCUT2D eigenvalue weighted by molar-refractivity contribution is 7.99. The maximum atomic E-state index is 12.9. The zero-order valence-corrected chi connectivity index (χ0v) is 15.2. The summed E-state index contributed by atoms with van der Waals surface area (Å²) in [7, 11) is 1.88. The summed E-state index contributed by atoms with van der Waals surface area (Å²) in [6.45, 7) is 8.71. The molecule has 0 aromatic rings. The second kappa shape index (κ2) is 6.42. The van der Waals surface area contributed by atoms with Gasteiger partial charge in [0.15, 0.2) is 0 Å². The van der Waals surface area contributed by atoms with E-state index in [1.54, 1.807) is 0 Å². The van der Waals surface area contributed by atoms with Gasteiger partial charge in [-0.2, -0.15) is 0 Å². The molecule has 0 radical (unpaired) electrons. The van der Waals surface area contributed by atoms with Gasteiger partial charge in [0.25, 0.3) is 0 Å². The number of likely N-dealkylation sites (N-methyl/N-ethyl adjacent to an activating group) is 1. The van der Waals surface area contributed by atoms with Crippen LogP contribution >= 0.6 is 24.0 Å². The molecule has 21 heavy (non-hydrogen) atoms. The fraction of sp³-hybridized carbons (Fsp3) is 0.867. The van der Waals surface area contributed by atoms with Crippen LogP contribution in [0.1, 0.15) is 40.5 Å². The van der Waals surface area contributed by atoms with Crippen molar-refractivity contribution in [1.82, 2.24) is 15.5 Å². The van der Waals surface area contributed by atoms with Crippen LogP contribution in [0.5, 0.6) is 0 Å². The van der Waals surface area contributed by atoms with E-state index in [1.165, 1.54) is 0 Å². The van der Waals surface area contributed by atoms with Crippen molar-refractivity contribution >= 4 is 34.9 Å². The van der Waals surface area contributed by atoms with Crippen LogP contribution in [0.15, 0.2) is 0 Å². The van der Waals surface area contributed by atoms with Gasteiger partial charge in [-0.3, -0.25) is 4.79 Å². The average Bonchev–Trinajstić information content (AvgIpc) is 2.55. The molecule has 2 rings (SSSR count). The lowest BCUT2D eigenvalue weighted by molar-refractivity contribution is -0.134. The average molecular weight is 330 g/mol. The van der Waals surface area contributed by atoms with E-state index >= 15 is 0 Å². The Morgan fingerprint density at radius 1 is 1.52 bits per heavy atom. The van der Waals surface area contributed by atoms with Crippen LogP contribution < -0.4 is 10.6 Å². The third-order valence-electron chi connectivity index (χ3n) is 4.97. The number of nitrogens with one attached hydrogen (secondary N) is 2. The number of carbonyl (C=O) groups is 1. The Balaban J connectivity index is 2.12. The maximum absolute atomic E-state index is 12.9. The van der Waals surface area contributed by atoms with Crippen LogP contribution in [0.2, 0.25) is 0 Å². The largest absolute Gasteiger partial charge is 0.367 e. The summed E-state index contributed by atoms with van der Waals surface area (Å²) in [5, 5.41) is 6.73. The van der Waals surface area contributed by atoms with Crippen LogP contribution in [-0.2, 0) is 4.79 Å². The Kier molecular flexibility index (Phi) is 5.21. The molecule has 2 saturated heterocycles. The van der Waals surface area contributed by atoms with Crippen LogP contribution in [0.3, 0.4) is 0 Å². The van der Waals surface area contributed by atoms with Gasteiger partial charge < -0.3 is 15.5 Å². The molecule has 2 aliphatic heterocycles. The van der Waals surface area contributed by atoms with E-state index in [2.05, 4.69) is 36.3 Å². The molecule has 2 fully saturated rings. The Labute approximate surface area is 137 Å². The quantitative estimate of drug-likeness (QED) is 0.775. The number of nitrogens with zero attached hydrogens (tertiary/aromatic N) is 1. The number of amides is 1. The molecule has 6 heteroatoms. The number of rotatable bonds is 3. The summed E-state index contributed by atoms with van der Waals surface area (Å²) >= 11 is 7.31. The minimum absolute atomic E-state index is 0.0898. The lowest BCUT2D eigenvalue weighted by Gasteiger charge is -2.33. The van der Waals surface area contributed by atoms with E-state index in [0.717, 1.165) is 23.6 Å². The summed E-state index contributed by atoms with van der Waals surface area (Å²) in [6, 6.07) is 0.189. The van der Waals surface area contributed by atoms with E-state index in [4.69, 9.17) is 12.2 Å². The number of thioether (sulfide) groups is 1. The number of carbonyl (C=O) groups excluding carboxylic acids is 1. The lowest BCUT2D eigenvalue weighted by Crippen LogP contribution is -2.53. The fourth-order valence-corrected chi connectivity index (χ4v) is 4.90. The predicted molar refractivity (Wildman–Crippen MR) is 93.6 cm³/mol. The van der Waals surface area contributed by atoms with Gasteiger partial charge in [0.1, 0.15) is 6.04 Å². The zero-order chi connectivity index (χ0) is 15.8. The minimum Gasteiger partial charge on any atom is -0.367 e. The molecule has 4 atom stereocenters.